The van der Waals surface area contributed by atoms with Crippen LogP contribution in [0.25, 0.3) is 0 Å². The van der Waals surface area contributed by atoms with Crippen molar-refractivity contribution in [3.05, 3.63) is 52.8 Å². The van der Waals surface area contributed by atoms with Crippen LogP contribution in [0.1, 0.15) is 54.5 Å². The van der Waals surface area contributed by atoms with E-state index in [0.717, 1.165) is 17.0 Å². The molecule has 0 radical (unpaired) electrons. The van der Waals surface area contributed by atoms with Gasteiger partial charge in [-0.25, -0.2) is 9.97 Å². The van der Waals surface area contributed by atoms with Crippen LogP contribution in [0.4, 0.5) is 5.95 Å². The van der Waals surface area contributed by atoms with Gasteiger partial charge in [0.2, 0.25) is 11.9 Å². The Morgan fingerprint density at radius 2 is 1.59 bits per heavy atom. The van der Waals surface area contributed by atoms with E-state index in [4.69, 9.17) is 0 Å². The Balaban J connectivity index is 1.76. The van der Waals surface area contributed by atoms with Crippen LogP contribution in [0.3, 0.4) is 0 Å². The molecule has 2 rings (SSSR count). The van der Waals surface area contributed by atoms with Gasteiger partial charge in [-0.1, -0.05) is 32.9 Å². The van der Waals surface area contributed by atoms with E-state index in [9.17, 15) is 9.59 Å². The van der Waals surface area contributed by atoms with E-state index in [0.29, 0.717) is 11.5 Å². The van der Waals surface area contributed by atoms with Crippen molar-refractivity contribution in [1.29, 1.82) is 0 Å². The first-order valence-corrected chi connectivity index (χ1v) is 8.91. The fourth-order valence-electron chi connectivity index (χ4n) is 2.48. The van der Waals surface area contributed by atoms with Gasteiger partial charge in [0.05, 0.1) is 0 Å². The minimum atomic E-state index is -0.263. The molecule has 0 spiro atoms. The number of carbonyl (C=O) groups is 2. The van der Waals surface area contributed by atoms with Crippen molar-refractivity contribution in [3.8, 4) is 0 Å². The van der Waals surface area contributed by atoms with Crippen molar-refractivity contribution in [2.24, 2.45) is 0 Å². The molecule has 0 saturated heterocycles. The van der Waals surface area contributed by atoms with Gasteiger partial charge >= 0.3 is 0 Å². The zero-order valence-electron chi connectivity index (χ0n) is 16.5. The normalized spacial score (nSPS) is 11.0. The van der Waals surface area contributed by atoms with Crippen molar-refractivity contribution in [2.45, 2.75) is 46.5 Å². The highest BCUT2D eigenvalue weighted by molar-refractivity contribution is 5.94. The number of carbonyl (C=O) groups excluding carboxylic acids is 2. The first-order valence-electron chi connectivity index (χ1n) is 8.91. The molecular formula is C20H27N5O2. The van der Waals surface area contributed by atoms with Crippen LogP contribution >= 0.6 is 0 Å². The summed E-state index contributed by atoms with van der Waals surface area (Å²) in [4.78, 5) is 32.4. The number of nitrogens with zero attached hydrogens (tertiary/aromatic N) is 2. The van der Waals surface area contributed by atoms with E-state index in [1.54, 1.807) is 12.1 Å². The largest absolute Gasteiger partial charge is 0.352 e. The second kappa shape index (κ2) is 8.62. The quantitative estimate of drug-likeness (QED) is 0.680. The molecule has 0 fully saturated rings. The van der Waals surface area contributed by atoms with Gasteiger partial charge < -0.3 is 5.32 Å². The lowest BCUT2D eigenvalue weighted by Gasteiger charge is -2.19. The van der Waals surface area contributed by atoms with Crippen LogP contribution in [-0.2, 0) is 10.2 Å². The number of hydrazine groups is 1. The smallest absolute Gasteiger partial charge is 0.251 e. The first-order chi connectivity index (χ1) is 12.6. The highest BCUT2D eigenvalue weighted by atomic mass is 16.2. The predicted molar refractivity (Wildman–Crippen MR) is 105 cm³/mol. The Morgan fingerprint density at radius 1 is 1.00 bits per heavy atom. The van der Waals surface area contributed by atoms with Crippen molar-refractivity contribution < 1.29 is 9.59 Å². The molecule has 0 bridgehead atoms. The van der Waals surface area contributed by atoms with Gasteiger partial charge in [-0.15, -0.1) is 0 Å². The summed E-state index contributed by atoms with van der Waals surface area (Å²) in [5, 5.41) is 2.75. The molecule has 0 unspecified atom stereocenters. The molecular weight excluding hydrogens is 342 g/mol. The maximum atomic E-state index is 12.2. The lowest BCUT2D eigenvalue weighted by atomic mass is 9.87. The van der Waals surface area contributed by atoms with Crippen LogP contribution in [0.15, 0.2) is 30.3 Å². The lowest BCUT2D eigenvalue weighted by Crippen LogP contribution is -2.34. The Hall–Kier alpha value is -2.96. The number of benzene rings is 1. The van der Waals surface area contributed by atoms with Gasteiger partial charge in [0.25, 0.3) is 5.91 Å². The van der Waals surface area contributed by atoms with Crippen molar-refractivity contribution >= 4 is 17.8 Å². The molecule has 2 aromatic rings. The number of rotatable bonds is 6. The molecule has 0 saturated carbocycles. The van der Waals surface area contributed by atoms with Crippen molar-refractivity contribution in [1.82, 2.24) is 20.7 Å². The van der Waals surface area contributed by atoms with E-state index >= 15 is 0 Å². The lowest BCUT2D eigenvalue weighted by molar-refractivity contribution is -0.120. The van der Waals surface area contributed by atoms with Gasteiger partial charge in [-0.2, -0.15) is 0 Å². The van der Waals surface area contributed by atoms with Crippen LogP contribution < -0.4 is 16.2 Å². The summed E-state index contributed by atoms with van der Waals surface area (Å²) in [6.45, 7) is 10.3. The average molecular weight is 369 g/mol. The minimum Gasteiger partial charge on any atom is -0.352 e. The second-order valence-electron chi connectivity index (χ2n) is 7.48. The molecule has 7 nitrogen and oxygen atoms in total. The fraction of sp³-hybridized carbons (Fsp3) is 0.400. The van der Waals surface area contributed by atoms with Gasteiger partial charge in [0.15, 0.2) is 0 Å². The zero-order chi connectivity index (χ0) is 20.0. The number of anilines is 1. The third kappa shape index (κ3) is 6.36. The molecule has 1 heterocycles. The summed E-state index contributed by atoms with van der Waals surface area (Å²) in [5.74, 6) is -0.126. The Bertz CT molecular complexity index is 790. The second-order valence-corrected chi connectivity index (χ2v) is 7.48. The number of hydrogen-bond acceptors (Lipinski definition) is 5. The summed E-state index contributed by atoms with van der Waals surface area (Å²) < 4.78 is 0. The molecule has 1 aromatic heterocycles. The third-order valence-electron chi connectivity index (χ3n) is 3.95. The number of nitrogens with one attached hydrogen (secondary N) is 3. The van der Waals surface area contributed by atoms with Crippen molar-refractivity contribution in [2.75, 3.05) is 12.0 Å². The van der Waals surface area contributed by atoms with Gasteiger partial charge in [0.1, 0.15) is 0 Å². The van der Waals surface area contributed by atoms with E-state index in [1.807, 2.05) is 32.0 Å². The number of aromatic nitrogens is 2. The molecule has 7 heteroatoms. The first kappa shape index (κ1) is 20.4. The average Bonchev–Trinajstić information content (AvgIpc) is 2.58. The maximum Gasteiger partial charge on any atom is 0.251 e. The summed E-state index contributed by atoms with van der Waals surface area (Å²) in [7, 11) is 0. The van der Waals surface area contributed by atoms with E-state index in [-0.39, 0.29) is 30.2 Å². The monoisotopic (exact) mass is 369 g/mol. The number of aryl methyl sites for hydroxylation is 2. The van der Waals surface area contributed by atoms with Crippen molar-refractivity contribution in [3.63, 3.8) is 0 Å². The summed E-state index contributed by atoms with van der Waals surface area (Å²) in [6, 6.07) is 9.35. The molecule has 0 aliphatic rings. The molecule has 2 amide bonds. The minimum absolute atomic E-state index is 0.0413. The van der Waals surface area contributed by atoms with Crippen LogP contribution in [0, 0.1) is 13.8 Å². The zero-order valence-corrected chi connectivity index (χ0v) is 16.5. The van der Waals surface area contributed by atoms with Crippen LogP contribution in [-0.4, -0.2) is 28.3 Å². The van der Waals surface area contributed by atoms with Crippen LogP contribution in [0.2, 0.25) is 0 Å². The number of amides is 2. The maximum absolute atomic E-state index is 12.2. The highest BCUT2D eigenvalue weighted by Gasteiger charge is 2.14. The predicted octanol–water partition coefficient (Wildman–Crippen LogP) is 2.65. The Morgan fingerprint density at radius 3 is 2.15 bits per heavy atom. The summed E-state index contributed by atoms with van der Waals surface area (Å²) >= 11 is 0. The molecule has 144 valence electrons. The van der Waals surface area contributed by atoms with Crippen LogP contribution in [0.5, 0.6) is 0 Å². The molecule has 27 heavy (non-hydrogen) atoms. The summed E-state index contributed by atoms with van der Waals surface area (Å²) in [5.41, 5.74) is 8.61. The van der Waals surface area contributed by atoms with Gasteiger partial charge in [0, 0.05) is 29.9 Å². The van der Waals surface area contributed by atoms with E-state index < -0.39 is 0 Å². The topological polar surface area (TPSA) is 96.0 Å². The molecule has 1 aromatic carbocycles. The number of hydrogen-bond donors (Lipinski definition) is 3. The standard InChI is InChI=1S/C20H27N5O2/c1-13-12-14(2)23-19(22-13)25-24-17(26)10-11-21-18(27)15-6-8-16(9-7-15)20(3,4)5/h6-9,12H,10-11H2,1-5H3,(H,21,27)(H,24,26)(H,22,23,25). The van der Waals surface area contributed by atoms with E-state index in [1.165, 1.54) is 0 Å². The van der Waals surface area contributed by atoms with Gasteiger partial charge in [-0.05, 0) is 43.0 Å². The SMILES string of the molecule is Cc1cc(C)nc(NNC(=O)CCNC(=O)c2ccc(C(C)(C)C)cc2)n1. The van der Waals surface area contributed by atoms with Gasteiger partial charge in [-0.3, -0.25) is 20.4 Å². The molecule has 0 atom stereocenters. The van der Waals surface area contributed by atoms with E-state index in [2.05, 4.69) is 46.9 Å². The highest BCUT2D eigenvalue weighted by Crippen LogP contribution is 2.22. The molecule has 3 N–H and O–H groups in total. The molecule has 0 aliphatic heterocycles. The summed E-state index contributed by atoms with van der Waals surface area (Å²) in [6.07, 6.45) is 0.142. The fourth-order valence-corrected chi connectivity index (χ4v) is 2.48. The molecule has 0 aliphatic carbocycles. The Labute approximate surface area is 160 Å². The Kier molecular flexibility index (Phi) is 6.50. The third-order valence-corrected chi connectivity index (χ3v) is 3.95.